The van der Waals surface area contributed by atoms with Gasteiger partial charge in [0.15, 0.2) is 0 Å². The van der Waals surface area contributed by atoms with Crippen molar-refractivity contribution in [3.63, 3.8) is 0 Å². The van der Waals surface area contributed by atoms with Crippen LogP contribution in [0.3, 0.4) is 0 Å². The molecule has 0 radical (unpaired) electrons. The Morgan fingerprint density at radius 1 is 1.23 bits per heavy atom. The van der Waals surface area contributed by atoms with Crippen LogP contribution in [0.2, 0.25) is 0 Å². The molecule has 0 spiro atoms. The highest BCUT2D eigenvalue weighted by Gasteiger charge is 2.21. The van der Waals surface area contributed by atoms with E-state index < -0.39 is 0 Å². The summed E-state index contributed by atoms with van der Waals surface area (Å²) in [7, 11) is 1.99. The number of rotatable bonds is 4. The van der Waals surface area contributed by atoms with Gasteiger partial charge in [0.25, 0.3) is 0 Å². The van der Waals surface area contributed by atoms with Crippen LogP contribution in [0.15, 0.2) is 24.4 Å². The van der Waals surface area contributed by atoms with Crippen LogP contribution in [0.5, 0.6) is 5.88 Å². The average Bonchev–Trinajstić information content (AvgIpc) is 2.81. The first-order valence-corrected chi connectivity index (χ1v) is 7.92. The predicted octanol–water partition coefficient (Wildman–Crippen LogP) is 2.48. The van der Waals surface area contributed by atoms with Crippen LogP contribution in [0.4, 0.5) is 0 Å². The lowest BCUT2D eigenvalue weighted by molar-refractivity contribution is 0.0930. The molecular weight excluding hydrogens is 276 g/mol. The fourth-order valence-electron chi connectivity index (χ4n) is 2.88. The monoisotopic (exact) mass is 300 g/mol. The van der Waals surface area contributed by atoms with Crippen LogP contribution in [0, 0.1) is 13.8 Å². The summed E-state index contributed by atoms with van der Waals surface area (Å²) in [4.78, 5) is 6.90. The minimum Gasteiger partial charge on any atom is -0.474 e. The molecule has 0 aromatic carbocycles. The molecule has 1 saturated heterocycles. The molecule has 5 heteroatoms. The van der Waals surface area contributed by atoms with Crippen molar-refractivity contribution in [2.24, 2.45) is 7.05 Å². The lowest BCUT2D eigenvalue weighted by Crippen LogP contribution is -2.38. The second-order valence-corrected chi connectivity index (χ2v) is 6.09. The minimum absolute atomic E-state index is 0.278. The smallest absolute Gasteiger partial charge is 0.213 e. The highest BCUT2D eigenvalue weighted by atomic mass is 16.5. The van der Waals surface area contributed by atoms with Gasteiger partial charge in [-0.2, -0.15) is 5.10 Å². The average molecular weight is 300 g/mol. The molecule has 0 aliphatic carbocycles. The molecule has 1 fully saturated rings. The zero-order chi connectivity index (χ0) is 15.5. The molecule has 118 valence electrons. The molecule has 0 bridgehead atoms. The largest absolute Gasteiger partial charge is 0.474 e. The maximum absolute atomic E-state index is 6.01. The summed E-state index contributed by atoms with van der Waals surface area (Å²) in [5, 5.41) is 4.32. The topological polar surface area (TPSA) is 43.2 Å². The molecule has 3 rings (SSSR count). The van der Waals surface area contributed by atoms with Gasteiger partial charge in [-0.1, -0.05) is 6.07 Å². The summed E-state index contributed by atoms with van der Waals surface area (Å²) in [6.45, 7) is 7.22. The maximum Gasteiger partial charge on any atom is 0.213 e. The predicted molar refractivity (Wildman–Crippen MR) is 85.8 cm³/mol. The van der Waals surface area contributed by atoms with Crippen molar-refractivity contribution in [1.82, 2.24) is 19.7 Å². The van der Waals surface area contributed by atoms with E-state index in [1.165, 1.54) is 11.3 Å². The number of aryl methyl sites for hydroxylation is 2. The number of hydrogen-bond donors (Lipinski definition) is 0. The maximum atomic E-state index is 6.01. The lowest BCUT2D eigenvalue weighted by Gasteiger charge is -2.31. The molecule has 1 aliphatic rings. The molecule has 2 aromatic rings. The Labute approximate surface area is 131 Å². The summed E-state index contributed by atoms with van der Waals surface area (Å²) in [5.74, 6) is 0.751. The lowest BCUT2D eigenvalue weighted by atomic mass is 10.1. The van der Waals surface area contributed by atoms with Gasteiger partial charge in [0.05, 0.1) is 6.20 Å². The van der Waals surface area contributed by atoms with Gasteiger partial charge in [0, 0.05) is 49.7 Å². The van der Waals surface area contributed by atoms with Crippen molar-refractivity contribution in [1.29, 1.82) is 0 Å². The quantitative estimate of drug-likeness (QED) is 0.870. The van der Waals surface area contributed by atoms with E-state index in [0.29, 0.717) is 0 Å². The van der Waals surface area contributed by atoms with E-state index in [2.05, 4.69) is 21.9 Å². The fourth-order valence-corrected chi connectivity index (χ4v) is 2.88. The number of aromatic nitrogens is 3. The first kappa shape index (κ1) is 15.0. The van der Waals surface area contributed by atoms with Gasteiger partial charge in [-0.15, -0.1) is 0 Å². The molecule has 0 N–H and O–H groups in total. The highest BCUT2D eigenvalue weighted by Crippen LogP contribution is 2.19. The third kappa shape index (κ3) is 3.47. The Kier molecular flexibility index (Phi) is 4.43. The highest BCUT2D eigenvalue weighted by molar-refractivity contribution is 5.16. The molecule has 0 atom stereocenters. The number of pyridine rings is 1. The molecule has 0 saturated carbocycles. The third-order valence-electron chi connectivity index (χ3n) is 4.42. The zero-order valence-corrected chi connectivity index (χ0v) is 13.6. The molecular formula is C17H24N4O. The summed E-state index contributed by atoms with van der Waals surface area (Å²) in [6, 6.07) is 5.93. The molecule has 0 unspecified atom stereocenters. The van der Waals surface area contributed by atoms with Crippen LogP contribution < -0.4 is 4.74 Å². The second-order valence-electron chi connectivity index (χ2n) is 6.09. The van der Waals surface area contributed by atoms with Gasteiger partial charge >= 0.3 is 0 Å². The van der Waals surface area contributed by atoms with E-state index in [4.69, 9.17) is 4.74 Å². The summed E-state index contributed by atoms with van der Waals surface area (Å²) in [6.07, 6.45) is 4.36. The molecule has 0 amide bonds. The van der Waals surface area contributed by atoms with Gasteiger partial charge in [-0.25, -0.2) is 4.98 Å². The van der Waals surface area contributed by atoms with E-state index in [-0.39, 0.29) is 6.10 Å². The molecule has 5 nitrogen and oxygen atoms in total. The Bertz CT molecular complexity index is 629. The molecule has 22 heavy (non-hydrogen) atoms. The van der Waals surface area contributed by atoms with Crippen LogP contribution in [-0.4, -0.2) is 38.9 Å². The van der Waals surface area contributed by atoms with Gasteiger partial charge in [-0.05, 0) is 32.8 Å². The summed E-state index contributed by atoms with van der Waals surface area (Å²) in [5.41, 5.74) is 3.58. The Balaban J connectivity index is 1.51. The SMILES string of the molecule is Cc1cccc(OC2CCN(Cc3cnn(C)c3C)CC2)n1. The van der Waals surface area contributed by atoms with Crippen LogP contribution >= 0.6 is 0 Å². The van der Waals surface area contributed by atoms with E-state index in [0.717, 1.165) is 44.0 Å². The van der Waals surface area contributed by atoms with Crippen LogP contribution in [-0.2, 0) is 13.6 Å². The first-order chi connectivity index (χ1) is 10.6. The van der Waals surface area contributed by atoms with Crippen molar-refractivity contribution in [2.45, 2.75) is 39.3 Å². The zero-order valence-electron chi connectivity index (χ0n) is 13.6. The Morgan fingerprint density at radius 2 is 2.00 bits per heavy atom. The standard InChI is InChI=1S/C17H24N4O/c1-13-5-4-6-17(19-13)22-16-7-9-21(10-8-16)12-15-11-18-20(3)14(15)2/h4-6,11,16H,7-10,12H2,1-3H3. The van der Waals surface area contributed by atoms with Gasteiger partial charge in [-0.3, -0.25) is 9.58 Å². The van der Waals surface area contributed by atoms with Gasteiger partial charge in [0.1, 0.15) is 6.10 Å². The normalized spacial score (nSPS) is 16.9. The third-order valence-corrected chi connectivity index (χ3v) is 4.42. The molecule has 1 aliphatic heterocycles. The molecule has 3 heterocycles. The summed E-state index contributed by atoms with van der Waals surface area (Å²) < 4.78 is 7.95. The Morgan fingerprint density at radius 3 is 2.64 bits per heavy atom. The van der Waals surface area contributed by atoms with E-state index in [1.807, 2.05) is 43.0 Å². The first-order valence-electron chi connectivity index (χ1n) is 7.92. The van der Waals surface area contributed by atoms with Crippen molar-refractivity contribution < 1.29 is 4.74 Å². The minimum atomic E-state index is 0.278. The second kappa shape index (κ2) is 6.48. The Hall–Kier alpha value is -1.88. The number of piperidine rings is 1. The van der Waals surface area contributed by atoms with Crippen LogP contribution in [0.25, 0.3) is 0 Å². The van der Waals surface area contributed by atoms with Crippen molar-refractivity contribution >= 4 is 0 Å². The van der Waals surface area contributed by atoms with E-state index in [1.54, 1.807) is 0 Å². The van der Waals surface area contributed by atoms with Gasteiger partial charge < -0.3 is 4.74 Å². The van der Waals surface area contributed by atoms with E-state index >= 15 is 0 Å². The number of nitrogens with zero attached hydrogens (tertiary/aromatic N) is 4. The number of likely N-dealkylation sites (tertiary alicyclic amines) is 1. The van der Waals surface area contributed by atoms with E-state index in [9.17, 15) is 0 Å². The van der Waals surface area contributed by atoms with Crippen molar-refractivity contribution in [2.75, 3.05) is 13.1 Å². The number of ether oxygens (including phenoxy) is 1. The van der Waals surface area contributed by atoms with Crippen molar-refractivity contribution in [3.8, 4) is 5.88 Å². The van der Waals surface area contributed by atoms with Crippen LogP contribution in [0.1, 0.15) is 29.8 Å². The van der Waals surface area contributed by atoms with Crippen molar-refractivity contribution in [3.05, 3.63) is 41.3 Å². The molecule has 2 aromatic heterocycles. The van der Waals surface area contributed by atoms with Gasteiger partial charge in [0.2, 0.25) is 5.88 Å². The summed E-state index contributed by atoms with van der Waals surface area (Å²) >= 11 is 0. The number of hydrogen-bond acceptors (Lipinski definition) is 4. The fraction of sp³-hybridized carbons (Fsp3) is 0.529.